The average molecular weight is 239 g/mol. The summed E-state index contributed by atoms with van der Waals surface area (Å²) in [6.07, 6.45) is 4.87. The number of benzene rings is 1. The van der Waals surface area contributed by atoms with Crippen LogP contribution in [0.4, 0.5) is 0 Å². The highest BCUT2D eigenvalue weighted by atomic mass is 16.3. The van der Waals surface area contributed by atoms with Crippen LogP contribution >= 0.6 is 0 Å². The van der Waals surface area contributed by atoms with Crippen LogP contribution in [-0.2, 0) is 0 Å². The second-order valence-corrected chi connectivity index (χ2v) is 5.55. The third-order valence-corrected chi connectivity index (χ3v) is 4.25. The molecule has 2 heteroatoms. The molecular weight excluding hydrogens is 222 g/mol. The molecule has 92 valence electrons. The number of furan rings is 1. The van der Waals surface area contributed by atoms with Crippen LogP contribution in [0.1, 0.15) is 24.2 Å². The Balaban J connectivity index is 1.83. The molecule has 0 atom stereocenters. The Kier molecular flexibility index (Phi) is 2.07. The van der Waals surface area contributed by atoms with Crippen LogP contribution in [0, 0.1) is 12.8 Å². The van der Waals surface area contributed by atoms with E-state index < -0.39 is 0 Å². The molecule has 0 radical (unpaired) electrons. The lowest BCUT2D eigenvalue weighted by molar-refractivity contribution is 0.250. The van der Waals surface area contributed by atoms with E-state index in [4.69, 9.17) is 4.42 Å². The van der Waals surface area contributed by atoms with Crippen molar-refractivity contribution in [2.24, 2.45) is 5.92 Å². The molecule has 1 fully saturated rings. The van der Waals surface area contributed by atoms with Gasteiger partial charge in [-0.3, -0.25) is 0 Å². The second kappa shape index (κ2) is 3.64. The number of allylic oxidation sites excluding steroid dienone is 1. The average Bonchev–Trinajstić information content (AvgIpc) is 2.83. The van der Waals surface area contributed by atoms with E-state index in [2.05, 4.69) is 42.3 Å². The minimum Gasteiger partial charge on any atom is -0.456 e. The zero-order chi connectivity index (χ0) is 12.1. The van der Waals surface area contributed by atoms with Gasteiger partial charge in [-0.25, -0.2) is 0 Å². The largest absolute Gasteiger partial charge is 0.456 e. The van der Waals surface area contributed by atoms with Gasteiger partial charge in [0.1, 0.15) is 11.3 Å². The Morgan fingerprint density at radius 2 is 2.00 bits per heavy atom. The van der Waals surface area contributed by atoms with E-state index in [0.29, 0.717) is 5.92 Å². The van der Waals surface area contributed by atoms with E-state index in [0.717, 1.165) is 11.3 Å². The van der Waals surface area contributed by atoms with E-state index in [1.54, 1.807) is 0 Å². The minimum atomic E-state index is 0.705. The van der Waals surface area contributed by atoms with Crippen LogP contribution < -0.4 is 0 Å². The maximum atomic E-state index is 6.02. The van der Waals surface area contributed by atoms with Gasteiger partial charge in [-0.1, -0.05) is 11.6 Å². The van der Waals surface area contributed by atoms with E-state index in [1.165, 1.54) is 42.5 Å². The molecule has 1 aromatic heterocycles. The van der Waals surface area contributed by atoms with Crippen LogP contribution in [0.3, 0.4) is 0 Å². The fraction of sp³-hybridized carbons (Fsp3) is 0.375. The maximum Gasteiger partial charge on any atom is 0.134 e. The lowest BCUT2D eigenvalue weighted by Gasteiger charge is -2.38. The minimum absolute atomic E-state index is 0.705. The lowest BCUT2D eigenvalue weighted by Crippen LogP contribution is -2.35. The smallest absolute Gasteiger partial charge is 0.134 e. The zero-order valence-corrected chi connectivity index (χ0v) is 10.6. The van der Waals surface area contributed by atoms with E-state index in [-0.39, 0.29) is 0 Å². The molecule has 2 nitrogen and oxygen atoms in total. The topological polar surface area (TPSA) is 16.4 Å². The lowest BCUT2D eigenvalue weighted by atomic mass is 9.84. The Morgan fingerprint density at radius 1 is 1.17 bits per heavy atom. The molecule has 5 rings (SSSR count). The fourth-order valence-corrected chi connectivity index (χ4v) is 3.21. The van der Waals surface area contributed by atoms with Crippen molar-refractivity contribution in [3.63, 3.8) is 0 Å². The first-order valence-electron chi connectivity index (χ1n) is 6.76. The van der Waals surface area contributed by atoms with Crippen molar-refractivity contribution in [2.75, 3.05) is 13.1 Å². The van der Waals surface area contributed by atoms with Gasteiger partial charge in [0, 0.05) is 30.2 Å². The zero-order valence-electron chi connectivity index (χ0n) is 10.6. The molecule has 0 amide bonds. The Hall–Kier alpha value is -1.70. The van der Waals surface area contributed by atoms with Crippen LogP contribution in [0.25, 0.3) is 16.5 Å². The molecule has 1 aromatic carbocycles. The molecule has 0 spiro atoms. The molecule has 2 bridgehead atoms. The van der Waals surface area contributed by atoms with Gasteiger partial charge in [0.05, 0.1) is 0 Å². The van der Waals surface area contributed by atoms with Crippen molar-refractivity contribution >= 4 is 16.5 Å². The van der Waals surface area contributed by atoms with Gasteiger partial charge in [0.15, 0.2) is 0 Å². The molecule has 3 aliphatic heterocycles. The van der Waals surface area contributed by atoms with Crippen LogP contribution in [0.15, 0.2) is 34.9 Å². The van der Waals surface area contributed by atoms with E-state index in [1.807, 2.05) is 0 Å². The summed E-state index contributed by atoms with van der Waals surface area (Å²) < 4.78 is 6.02. The number of nitrogens with zero attached hydrogens (tertiary/aromatic N) is 1. The first-order valence-corrected chi connectivity index (χ1v) is 6.76. The normalized spacial score (nSPS) is 19.6. The van der Waals surface area contributed by atoms with Gasteiger partial charge in [-0.05, 0) is 43.9 Å². The molecule has 2 aromatic rings. The number of hydrogen-bond acceptors (Lipinski definition) is 2. The third kappa shape index (κ3) is 1.48. The van der Waals surface area contributed by atoms with Crippen LogP contribution in [-0.4, -0.2) is 18.0 Å². The molecule has 0 N–H and O–H groups in total. The summed E-state index contributed by atoms with van der Waals surface area (Å²) in [7, 11) is 0. The second-order valence-electron chi connectivity index (χ2n) is 5.55. The Morgan fingerprint density at radius 3 is 2.72 bits per heavy atom. The van der Waals surface area contributed by atoms with Crippen molar-refractivity contribution in [1.82, 2.24) is 4.90 Å². The monoisotopic (exact) mass is 239 g/mol. The molecule has 18 heavy (non-hydrogen) atoms. The van der Waals surface area contributed by atoms with Crippen LogP contribution in [0.2, 0.25) is 0 Å². The van der Waals surface area contributed by atoms with E-state index in [9.17, 15) is 0 Å². The molecular formula is C16H17NO. The highest BCUT2D eigenvalue weighted by molar-refractivity contribution is 5.83. The Labute approximate surface area is 107 Å². The van der Waals surface area contributed by atoms with Gasteiger partial charge in [0.2, 0.25) is 0 Å². The van der Waals surface area contributed by atoms with Crippen molar-refractivity contribution < 1.29 is 4.42 Å². The molecule has 0 saturated carbocycles. The molecule has 4 heterocycles. The van der Waals surface area contributed by atoms with Crippen LogP contribution in [0.5, 0.6) is 0 Å². The highest BCUT2D eigenvalue weighted by Gasteiger charge is 2.29. The summed E-state index contributed by atoms with van der Waals surface area (Å²) in [6, 6.07) is 8.59. The standard InChI is InChI=1S/C16H17NO/c1-11-2-3-15-13(8-11)9-16(18-15)14-10-17-6-4-12(14)5-7-17/h2-3,8-10,12H,4-7H2,1H3. The van der Waals surface area contributed by atoms with Crippen molar-refractivity contribution in [3.05, 3.63) is 41.8 Å². The number of rotatable bonds is 1. The van der Waals surface area contributed by atoms with Crippen molar-refractivity contribution in [2.45, 2.75) is 19.8 Å². The summed E-state index contributed by atoms with van der Waals surface area (Å²) in [4.78, 5) is 2.42. The summed E-state index contributed by atoms with van der Waals surface area (Å²) in [5, 5.41) is 1.22. The van der Waals surface area contributed by atoms with Crippen molar-refractivity contribution in [1.29, 1.82) is 0 Å². The quantitative estimate of drug-likeness (QED) is 0.752. The van der Waals surface area contributed by atoms with Crippen molar-refractivity contribution in [3.8, 4) is 0 Å². The van der Waals surface area contributed by atoms with Gasteiger partial charge < -0.3 is 9.32 Å². The number of hydrogen-bond donors (Lipinski definition) is 0. The molecule has 3 aliphatic rings. The highest BCUT2D eigenvalue weighted by Crippen LogP contribution is 2.39. The SMILES string of the molecule is Cc1ccc2oc(C3=CN4CCC3CC4)cc2c1. The fourth-order valence-electron chi connectivity index (χ4n) is 3.21. The predicted molar refractivity (Wildman–Crippen MR) is 73.2 cm³/mol. The third-order valence-electron chi connectivity index (χ3n) is 4.25. The van der Waals surface area contributed by atoms with Gasteiger partial charge in [-0.2, -0.15) is 0 Å². The summed E-state index contributed by atoms with van der Waals surface area (Å²) in [5.41, 5.74) is 3.70. The molecule has 0 unspecified atom stereocenters. The number of piperidine rings is 1. The summed E-state index contributed by atoms with van der Waals surface area (Å²) >= 11 is 0. The van der Waals surface area contributed by atoms with Gasteiger partial charge >= 0.3 is 0 Å². The maximum absolute atomic E-state index is 6.02. The number of fused-ring (bicyclic) bond motifs is 3. The molecule has 1 saturated heterocycles. The first kappa shape index (κ1) is 10.2. The Bertz CT molecular complexity index is 630. The number of aryl methyl sites for hydroxylation is 1. The summed E-state index contributed by atoms with van der Waals surface area (Å²) in [6.45, 7) is 4.56. The predicted octanol–water partition coefficient (Wildman–Crippen LogP) is 3.81. The van der Waals surface area contributed by atoms with Gasteiger partial charge in [0.25, 0.3) is 0 Å². The summed E-state index contributed by atoms with van der Waals surface area (Å²) in [5.74, 6) is 1.78. The first-order chi connectivity index (χ1) is 8.79. The molecule has 0 aliphatic carbocycles. The van der Waals surface area contributed by atoms with Gasteiger partial charge in [-0.15, -0.1) is 0 Å². The van der Waals surface area contributed by atoms with E-state index >= 15 is 0 Å².